The Bertz CT molecular complexity index is 566. The van der Waals surface area contributed by atoms with Crippen molar-refractivity contribution in [1.29, 1.82) is 0 Å². The van der Waals surface area contributed by atoms with E-state index in [0.717, 1.165) is 32.2 Å². The Kier molecular flexibility index (Phi) is 9.45. The van der Waals surface area contributed by atoms with Gasteiger partial charge in [-0.3, -0.25) is 4.90 Å². The molecule has 0 aliphatic carbocycles. The molecular weight excluding hydrogens is 352 g/mol. The first kappa shape index (κ1) is 21.6. The van der Waals surface area contributed by atoms with Crippen molar-refractivity contribution >= 4 is 34.8 Å². The van der Waals surface area contributed by atoms with E-state index in [2.05, 4.69) is 14.9 Å². The fraction of sp³-hybridized carbons (Fsp3) is 0.538. The predicted molar refractivity (Wildman–Crippen MR) is 90.1 cm³/mol. The highest BCUT2D eigenvalue weighted by atomic mass is 35.5. The van der Waals surface area contributed by atoms with Crippen molar-refractivity contribution < 1.29 is 12.8 Å². The Balaban J connectivity index is 0.00000220. The van der Waals surface area contributed by atoms with Gasteiger partial charge in [0.15, 0.2) is 0 Å². The molecule has 0 unspecified atom stereocenters. The van der Waals surface area contributed by atoms with Crippen LogP contribution in [0.4, 0.5) is 4.39 Å². The van der Waals surface area contributed by atoms with Gasteiger partial charge in [0.2, 0.25) is 10.0 Å². The highest BCUT2D eigenvalue weighted by Crippen LogP contribution is 2.15. The minimum Gasteiger partial charge on any atom is -0.314 e. The fourth-order valence-corrected chi connectivity index (χ4v) is 3.51. The lowest BCUT2D eigenvalue weighted by atomic mass is 10.2. The molecule has 9 heteroatoms. The zero-order valence-electron chi connectivity index (χ0n) is 12.3. The van der Waals surface area contributed by atoms with Crippen LogP contribution in [-0.2, 0) is 10.0 Å². The summed E-state index contributed by atoms with van der Waals surface area (Å²) < 4.78 is 39.9. The molecule has 0 radical (unpaired) electrons. The summed E-state index contributed by atoms with van der Waals surface area (Å²) in [5.41, 5.74) is 0.416. The van der Waals surface area contributed by atoms with E-state index in [0.29, 0.717) is 18.7 Å². The average molecular weight is 374 g/mol. The molecule has 0 aromatic heterocycles. The number of halogens is 3. The highest BCUT2D eigenvalue weighted by Gasteiger charge is 2.17. The van der Waals surface area contributed by atoms with Crippen LogP contribution in [-0.4, -0.2) is 52.6 Å². The van der Waals surface area contributed by atoms with Crippen molar-refractivity contribution in [1.82, 2.24) is 14.9 Å². The maximum Gasteiger partial charge on any atom is 0.240 e. The number of nitrogens with one attached hydrogen (secondary N) is 2. The SMILES string of the molecule is Cc1cc(F)ccc1S(=O)(=O)NCCN1CCNCC1.Cl.Cl. The second-order valence-electron chi connectivity index (χ2n) is 4.90. The smallest absolute Gasteiger partial charge is 0.240 e. The normalized spacial score (nSPS) is 15.7. The molecule has 1 heterocycles. The summed E-state index contributed by atoms with van der Waals surface area (Å²) in [6.45, 7) is 6.36. The molecule has 0 atom stereocenters. The van der Waals surface area contributed by atoms with Crippen LogP contribution in [0, 0.1) is 12.7 Å². The molecule has 2 rings (SSSR count). The third-order valence-corrected chi connectivity index (χ3v) is 4.98. The van der Waals surface area contributed by atoms with Gasteiger partial charge < -0.3 is 5.32 Å². The standard InChI is InChI=1S/C13H20FN3O2S.2ClH/c1-11-10-12(14)2-3-13(11)20(18,19)16-6-9-17-7-4-15-5-8-17;;/h2-3,10,15-16H,4-9H2,1H3;2*1H. The summed E-state index contributed by atoms with van der Waals surface area (Å²) >= 11 is 0. The largest absolute Gasteiger partial charge is 0.314 e. The highest BCUT2D eigenvalue weighted by molar-refractivity contribution is 7.89. The molecule has 1 aliphatic heterocycles. The van der Waals surface area contributed by atoms with Gasteiger partial charge in [-0.05, 0) is 30.7 Å². The van der Waals surface area contributed by atoms with Crippen LogP contribution in [0.3, 0.4) is 0 Å². The second kappa shape index (κ2) is 9.64. The van der Waals surface area contributed by atoms with Crippen molar-refractivity contribution in [2.24, 2.45) is 0 Å². The molecule has 1 aromatic carbocycles. The molecule has 0 bridgehead atoms. The van der Waals surface area contributed by atoms with E-state index in [-0.39, 0.29) is 29.7 Å². The van der Waals surface area contributed by atoms with Gasteiger partial charge in [-0.15, -0.1) is 24.8 Å². The van der Waals surface area contributed by atoms with Crippen molar-refractivity contribution in [3.63, 3.8) is 0 Å². The minimum absolute atomic E-state index is 0. The van der Waals surface area contributed by atoms with Crippen molar-refractivity contribution in [3.05, 3.63) is 29.6 Å². The van der Waals surface area contributed by atoms with Crippen molar-refractivity contribution in [3.8, 4) is 0 Å². The number of sulfonamides is 1. The molecule has 128 valence electrons. The Morgan fingerprint density at radius 2 is 1.91 bits per heavy atom. The van der Waals surface area contributed by atoms with E-state index >= 15 is 0 Å². The number of aryl methyl sites for hydroxylation is 1. The van der Waals surface area contributed by atoms with E-state index in [4.69, 9.17) is 0 Å². The molecule has 2 N–H and O–H groups in total. The summed E-state index contributed by atoms with van der Waals surface area (Å²) in [4.78, 5) is 2.34. The number of piperazine rings is 1. The lowest BCUT2D eigenvalue weighted by molar-refractivity contribution is 0.245. The Hall–Kier alpha value is -0.440. The van der Waals surface area contributed by atoms with Crippen LogP contribution in [0.1, 0.15) is 5.56 Å². The summed E-state index contributed by atoms with van der Waals surface area (Å²) in [7, 11) is -3.57. The number of rotatable bonds is 5. The first-order chi connectivity index (χ1) is 9.49. The number of benzene rings is 1. The molecule has 22 heavy (non-hydrogen) atoms. The topological polar surface area (TPSA) is 61.4 Å². The predicted octanol–water partition coefficient (Wildman–Crippen LogP) is 1.16. The van der Waals surface area contributed by atoms with E-state index in [9.17, 15) is 12.8 Å². The van der Waals surface area contributed by atoms with Crippen LogP contribution in [0.15, 0.2) is 23.1 Å². The van der Waals surface area contributed by atoms with Crippen LogP contribution in [0.5, 0.6) is 0 Å². The number of nitrogens with zero attached hydrogens (tertiary/aromatic N) is 1. The molecule has 1 aromatic rings. The molecule has 1 aliphatic rings. The Morgan fingerprint density at radius 1 is 1.27 bits per heavy atom. The van der Waals surface area contributed by atoms with Gasteiger partial charge in [-0.25, -0.2) is 17.5 Å². The lowest BCUT2D eigenvalue weighted by Crippen LogP contribution is -2.46. The monoisotopic (exact) mass is 373 g/mol. The van der Waals surface area contributed by atoms with Crippen LogP contribution < -0.4 is 10.0 Å². The van der Waals surface area contributed by atoms with E-state index < -0.39 is 15.8 Å². The quantitative estimate of drug-likeness (QED) is 0.812. The van der Waals surface area contributed by atoms with Crippen LogP contribution in [0.25, 0.3) is 0 Å². The lowest BCUT2D eigenvalue weighted by Gasteiger charge is -2.27. The summed E-state index contributed by atoms with van der Waals surface area (Å²) in [5.74, 6) is -0.428. The molecule has 0 spiro atoms. The maximum atomic E-state index is 13.0. The van der Waals surface area contributed by atoms with Gasteiger partial charge >= 0.3 is 0 Å². The van der Waals surface area contributed by atoms with E-state index in [1.165, 1.54) is 12.1 Å². The summed E-state index contributed by atoms with van der Waals surface area (Å²) in [5, 5.41) is 3.24. The van der Waals surface area contributed by atoms with Gasteiger partial charge in [0.05, 0.1) is 4.90 Å². The Morgan fingerprint density at radius 3 is 2.50 bits per heavy atom. The third kappa shape index (κ3) is 5.98. The fourth-order valence-electron chi connectivity index (χ4n) is 2.26. The molecule has 0 saturated carbocycles. The summed E-state index contributed by atoms with van der Waals surface area (Å²) in [6.07, 6.45) is 0. The average Bonchev–Trinajstić information content (AvgIpc) is 2.39. The zero-order valence-corrected chi connectivity index (χ0v) is 14.8. The minimum atomic E-state index is -3.57. The number of hydrogen-bond acceptors (Lipinski definition) is 4. The van der Waals surface area contributed by atoms with E-state index in [1.54, 1.807) is 6.92 Å². The molecule has 5 nitrogen and oxygen atoms in total. The van der Waals surface area contributed by atoms with Gasteiger partial charge in [-0.1, -0.05) is 0 Å². The molecular formula is C13H22Cl2FN3O2S. The molecule has 0 amide bonds. The van der Waals surface area contributed by atoms with Crippen LogP contribution >= 0.6 is 24.8 Å². The molecule has 1 fully saturated rings. The zero-order chi connectivity index (χ0) is 14.6. The Labute approximate surface area is 143 Å². The first-order valence-corrected chi connectivity index (χ1v) is 8.16. The van der Waals surface area contributed by atoms with Crippen molar-refractivity contribution in [2.45, 2.75) is 11.8 Å². The van der Waals surface area contributed by atoms with Gasteiger partial charge in [0.25, 0.3) is 0 Å². The second-order valence-corrected chi connectivity index (χ2v) is 6.63. The van der Waals surface area contributed by atoms with Crippen molar-refractivity contribution in [2.75, 3.05) is 39.3 Å². The van der Waals surface area contributed by atoms with Gasteiger partial charge in [-0.2, -0.15) is 0 Å². The summed E-state index contributed by atoms with van der Waals surface area (Å²) in [6, 6.07) is 3.69. The molecule has 1 saturated heterocycles. The van der Waals surface area contributed by atoms with Gasteiger partial charge in [0.1, 0.15) is 5.82 Å². The van der Waals surface area contributed by atoms with Gasteiger partial charge in [0, 0.05) is 39.3 Å². The first-order valence-electron chi connectivity index (χ1n) is 6.68. The number of hydrogen-bond donors (Lipinski definition) is 2. The van der Waals surface area contributed by atoms with Crippen LogP contribution in [0.2, 0.25) is 0 Å². The maximum absolute atomic E-state index is 13.0. The van der Waals surface area contributed by atoms with E-state index in [1.807, 2.05) is 0 Å². The third-order valence-electron chi connectivity index (χ3n) is 3.36.